The van der Waals surface area contributed by atoms with E-state index >= 15 is 0 Å². The second kappa shape index (κ2) is 4.65. The van der Waals surface area contributed by atoms with Crippen LogP contribution in [-0.2, 0) is 12.8 Å². The molecule has 0 bridgehead atoms. The first-order chi connectivity index (χ1) is 9.81. The van der Waals surface area contributed by atoms with Crippen molar-refractivity contribution >= 4 is 0 Å². The van der Waals surface area contributed by atoms with Gasteiger partial charge in [-0.15, -0.1) is 0 Å². The number of H-pyrrole nitrogens is 1. The summed E-state index contributed by atoms with van der Waals surface area (Å²) < 4.78 is 1.73. The van der Waals surface area contributed by atoms with Gasteiger partial charge in [0.15, 0.2) is 0 Å². The zero-order valence-electron chi connectivity index (χ0n) is 11.6. The first-order valence-electron chi connectivity index (χ1n) is 7.69. The van der Waals surface area contributed by atoms with Gasteiger partial charge in [-0.3, -0.25) is 9.89 Å². The normalized spacial score (nSPS) is 18.4. The summed E-state index contributed by atoms with van der Waals surface area (Å²) in [5.41, 5.74) is 3.34. The highest BCUT2D eigenvalue weighted by atomic mass is 16.1. The van der Waals surface area contributed by atoms with Gasteiger partial charge < -0.3 is 0 Å². The molecule has 2 aliphatic rings. The third-order valence-electron chi connectivity index (χ3n) is 4.47. The van der Waals surface area contributed by atoms with E-state index in [1.807, 2.05) is 30.3 Å². The molecule has 2 fully saturated rings. The lowest BCUT2D eigenvalue weighted by Gasteiger charge is -2.01. The number of aromatic nitrogens is 2. The van der Waals surface area contributed by atoms with E-state index in [0.717, 1.165) is 35.9 Å². The molecule has 0 radical (unpaired) electrons. The lowest BCUT2D eigenvalue weighted by molar-refractivity contribution is 0.749. The third-order valence-corrected chi connectivity index (χ3v) is 4.47. The molecule has 0 amide bonds. The molecule has 1 aromatic heterocycles. The fourth-order valence-electron chi connectivity index (χ4n) is 2.88. The average Bonchev–Trinajstić information content (AvgIpc) is 3.36. The summed E-state index contributed by atoms with van der Waals surface area (Å²) in [5.74, 6) is 1.55. The van der Waals surface area contributed by atoms with E-state index in [-0.39, 0.29) is 5.56 Å². The minimum Gasteiger partial charge on any atom is -0.295 e. The molecule has 2 aromatic rings. The Bertz CT molecular complexity index is 660. The Morgan fingerprint density at radius 2 is 1.65 bits per heavy atom. The summed E-state index contributed by atoms with van der Waals surface area (Å²) in [7, 11) is 0. The molecule has 1 aromatic carbocycles. The van der Waals surface area contributed by atoms with E-state index in [0.29, 0.717) is 0 Å². The van der Waals surface area contributed by atoms with Crippen molar-refractivity contribution in [3.8, 4) is 5.69 Å². The summed E-state index contributed by atoms with van der Waals surface area (Å²) >= 11 is 0. The lowest BCUT2D eigenvalue weighted by Crippen LogP contribution is -2.17. The molecule has 104 valence electrons. The fraction of sp³-hybridized carbons (Fsp3) is 0.471. The van der Waals surface area contributed by atoms with E-state index < -0.39 is 0 Å². The van der Waals surface area contributed by atoms with E-state index in [2.05, 4.69) is 5.10 Å². The summed E-state index contributed by atoms with van der Waals surface area (Å²) in [4.78, 5) is 12.7. The molecular formula is C17H20N2O. The highest BCUT2D eigenvalue weighted by Crippen LogP contribution is 2.36. The number of para-hydroxylation sites is 1. The van der Waals surface area contributed by atoms with Crippen molar-refractivity contribution in [1.82, 2.24) is 9.78 Å². The number of nitrogens with zero attached hydrogens (tertiary/aromatic N) is 1. The third kappa shape index (κ3) is 2.33. The highest BCUT2D eigenvalue weighted by molar-refractivity contribution is 5.33. The van der Waals surface area contributed by atoms with Crippen molar-refractivity contribution in [2.24, 2.45) is 11.8 Å². The van der Waals surface area contributed by atoms with Gasteiger partial charge in [0.1, 0.15) is 0 Å². The van der Waals surface area contributed by atoms with Gasteiger partial charge in [0.05, 0.1) is 5.69 Å². The van der Waals surface area contributed by atoms with Crippen LogP contribution in [0.3, 0.4) is 0 Å². The van der Waals surface area contributed by atoms with E-state index in [1.165, 1.54) is 31.4 Å². The Kier molecular flexibility index (Phi) is 2.79. The molecule has 2 aliphatic carbocycles. The number of hydrogen-bond donors (Lipinski definition) is 1. The molecule has 4 rings (SSSR count). The van der Waals surface area contributed by atoms with Gasteiger partial charge in [0.25, 0.3) is 5.56 Å². The van der Waals surface area contributed by atoms with Crippen molar-refractivity contribution in [3.05, 3.63) is 51.9 Å². The molecule has 0 atom stereocenters. The van der Waals surface area contributed by atoms with Crippen LogP contribution in [-0.4, -0.2) is 9.78 Å². The van der Waals surface area contributed by atoms with Crippen LogP contribution in [0.1, 0.15) is 36.9 Å². The number of hydrogen-bond acceptors (Lipinski definition) is 1. The molecule has 0 unspecified atom stereocenters. The highest BCUT2D eigenvalue weighted by Gasteiger charge is 2.29. The molecule has 3 nitrogen and oxygen atoms in total. The Morgan fingerprint density at radius 1 is 1.00 bits per heavy atom. The second-order valence-corrected chi connectivity index (χ2v) is 6.34. The van der Waals surface area contributed by atoms with Crippen LogP contribution in [0.25, 0.3) is 5.69 Å². The summed E-state index contributed by atoms with van der Waals surface area (Å²) in [6.45, 7) is 0. The molecule has 0 spiro atoms. The Balaban J connectivity index is 1.74. The lowest BCUT2D eigenvalue weighted by atomic mass is 10.1. The fourth-order valence-corrected chi connectivity index (χ4v) is 2.88. The van der Waals surface area contributed by atoms with Crippen LogP contribution in [0.2, 0.25) is 0 Å². The van der Waals surface area contributed by atoms with Gasteiger partial charge in [-0.05, 0) is 62.5 Å². The molecule has 1 N–H and O–H groups in total. The van der Waals surface area contributed by atoms with Crippen LogP contribution < -0.4 is 5.56 Å². The van der Waals surface area contributed by atoms with Gasteiger partial charge in [-0.1, -0.05) is 18.2 Å². The Labute approximate surface area is 118 Å². The summed E-state index contributed by atoms with van der Waals surface area (Å²) in [5, 5.41) is 3.38. The van der Waals surface area contributed by atoms with Crippen LogP contribution in [0, 0.1) is 11.8 Å². The largest absolute Gasteiger partial charge is 0.295 e. The smallest absolute Gasteiger partial charge is 0.274 e. The molecule has 0 aliphatic heterocycles. The predicted octanol–water partition coefficient (Wildman–Crippen LogP) is 3.07. The quantitative estimate of drug-likeness (QED) is 0.889. The van der Waals surface area contributed by atoms with Crippen molar-refractivity contribution in [1.29, 1.82) is 0 Å². The maximum Gasteiger partial charge on any atom is 0.274 e. The van der Waals surface area contributed by atoms with Crippen LogP contribution in [0.15, 0.2) is 35.1 Å². The van der Waals surface area contributed by atoms with E-state index in [1.54, 1.807) is 4.68 Å². The van der Waals surface area contributed by atoms with Crippen LogP contribution in [0.4, 0.5) is 0 Å². The molecule has 0 saturated heterocycles. The van der Waals surface area contributed by atoms with Gasteiger partial charge in [0.2, 0.25) is 0 Å². The van der Waals surface area contributed by atoms with Crippen LogP contribution in [0.5, 0.6) is 0 Å². The van der Waals surface area contributed by atoms with Crippen molar-refractivity contribution in [3.63, 3.8) is 0 Å². The molecule has 20 heavy (non-hydrogen) atoms. The minimum atomic E-state index is 0.166. The van der Waals surface area contributed by atoms with Crippen LogP contribution >= 0.6 is 0 Å². The summed E-state index contributed by atoms with van der Waals surface area (Å²) in [6.07, 6.45) is 7.24. The van der Waals surface area contributed by atoms with Crippen molar-refractivity contribution < 1.29 is 0 Å². The first kappa shape index (κ1) is 12.0. The standard InChI is InChI=1S/C17H20N2O/c20-17-15(10-12-6-7-12)16(11-13-8-9-13)18-19(17)14-4-2-1-3-5-14/h1-5,12-13,18H,6-11H2. The van der Waals surface area contributed by atoms with E-state index in [4.69, 9.17) is 0 Å². The maximum absolute atomic E-state index is 12.7. The predicted molar refractivity (Wildman–Crippen MR) is 79.2 cm³/mol. The number of aromatic amines is 1. The molecule has 2 saturated carbocycles. The zero-order chi connectivity index (χ0) is 13.5. The summed E-state index contributed by atoms with van der Waals surface area (Å²) in [6, 6.07) is 9.90. The molecule has 1 heterocycles. The first-order valence-corrected chi connectivity index (χ1v) is 7.69. The van der Waals surface area contributed by atoms with E-state index in [9.17, 15) is 4.79 Å². The molecular weight excluding hydrogens is 248 g/mol. The Morgan fingerprint density at radius 3 is 2.30 bits per heavy atom. The topological polar surface area (TPSA) is 37.8 Å². The Hall–Kier alpha value is -1.77. The van der Waals surface area contributed by atoms with Gasteiger partial charge in [0, 0.05) is 11.3 Å². The van der Waals surface area contributed by atoms with Gasteiger partial charge in [-0.25, -0.2) is 4.68 Å². The zero-order valence-corrected chi connectivity index (χ0v) is 11.6. The van der Waals surface area contributed by atoms with Crippen molar-refractivity contribution in [2.75, 3.05) is 0 Å². The number of rotatable bonds is 5. The van der Waals surface area contributed by atoms with Gasteiger partial charge >= 0.3 is 0 Å². The number of nitrogens with one attached hydrogen (secondary N) is 1. The SMILES string of the molecule is O=c1c(CC2CC2)c(CC2CC2)[nH]n1-c1ccccc1. The maximum atomic E-state index is 12.7. The minimum absolute atomic E-state index is 0.166. The second-order valence-electron chi connectivity index (χ2n) is 6.34. The number of benzene rings is 1. The monoisotopic (exact) mass is 268 g/mol. The molecule has 3 heteroatoms. The average molecular weight is 268 g/mol. The van der Waals surface area contributed by atoms with Gasteiger partial charge in [-0.2, -0.15) is 0 Å². The van der Waals surface area contributed by atoms with Crippen molar-refractivity contribution in [2.45, 2.75) is 38.5 Å².